The number of nitrogens with zero attached hydrogens (tertiary/aromatic N) is 1. The SMILES string of the molecule is CCN(CC)CCOc1ccc(C(O)(Cc2ccccc2Cl)c2ccc(C)cc2)cc1. The number of ether oxygens (including phenoxy) is 1. The fraction of sp³-hybridized carbons (Fsp3) is 0.333. The highest BCUT2D eigenvalue weighted by atomic mass is 35.5. The molecule has 0 aromatic heterocycles. The van der Waals surface area contributed by atoms with E-state index in [9.17, 15) is 5.11 Å². The molecule has 0 aliphatic rings. The molecule has 0 saturated heterocycles. The third kappa shape index (κ3) is 5.88. The largest absolute Gasteiger partial charge is 0.492 e. The van der Waals surface area contributed by atoms with Crippen LogP contribution in [0.5, 0.6) is 5.75 Å². The van der Waals surface area contributed by atoms with Crippen molar-refractivity contribution < 1.29 is 9.84 Å². The Bertz CT molecular complexity index is 952. The number of likely N-dealkylation sites (N-methyl/N-ethyl adjacent to an activating group) is 1. The van der Waals surface area contributed by atoms with Gasteiger partial charge < -0.3 is 14.7 Å². The predicted molar refractivity (Wildman–Crippen MR) is 129 cm³/mol. The van der Waals surface area contributed by atoms with Crippen LogP contribution in [0.3, 0.4) is 0 Å². The zero-order valence-corrected chi connectivity index (χ0v) is 19.4. The normalized spacial score (nSPS) is 13.2. The molecule has 1 unspecified atom stereocenters. The lowest BCUT2D eigenvalue weighted by atomic mass is 9.81. The van der Waals surface area contributed by atoms with Gasteiger partial charge in [-0.05, 0) is 54.9 Å². The van der Waals surface area contributed by atoms with E-state index in [4.69, 9.17) is 16.3 Å². The average molecular weight is 438 g/mol. The molecule has 3 aromatic rings. The van der Waals surface area contributed by atoms with Crippen molar-refractivity contribution in [3.05, 3.63) is 100 Å². The molecule has 1 N–H and O–H groups in total. The minimum absolute atomic E-state index is 0.387. The first-order chi connectivity index (χ1) is 15.0. The molecule has 4 heteroatoms. The van der Waals surface area contributed by atoms with Crippen molar-refractivity contribution in [2.45, 2.75) is 32.8 Å². The van der Waals surface area contributed by atoms with Crippen molar-refractivity contribution in [1.29, 1.82) is 0 Å². The maximum absolute atomic E-state index is 11.9. The van der Waals surface area contributed by atoms with Crippen molar-refractivity contribution in [3.63, 3.8) is 0 Å². The number of hydrogen-bond donors (Lipinski definition) is 1. The summed E-state index contributed by atoms with van der Waals surface area (Å²) in [7, 11) is 0. The van der Waals surface area contributed by atoms with Crippen molar-refractivity contribution >= 4 is 11.6 Å². The fourth-order valence-electron chi connectivity index (χ4n) is 3.78. The van der Waals surface area contributed by atoms with E-state index in [1.165, 1.54) is 0 Å². The smallest absolute Gasteiger partial charge is 0.119 e. The zero-order chi connectivity index (χ0) is 22.3. The van der Waals surface area contributed by atoms with Crippen LogP contribution in [0.2, 0.25) is 5.02 Å². The van der Waals surface area contributed by atoms with Gasteiger partial charge in [0.25, 0.3) is 0 Å². The second kappa shape index (κ2) is 10.8. The average Bonchev–Trinajstić information content (AvgIpc) is 2.79. The van der Waals surface area contributed by atoms with Gasteiger partial charge in [-0.3, -0.25) is 0 Å². The summed E-state index contributed by atoms with van der Waals surface area (Å²) in [4.78, 5) is 2.33. The molecule has 3 nitrogen and oxygen atoms in total. The molecule has 0 saturated carbocycles. The summed E-state index contributed by atoms with van der Waals surface area (Å²) in [5.41, 5.74) is 2.52. The molecule has 3 rings (SSSR count). The number of hydrogen-bond acceptors (Lipinski definition) is 3. The Hall–Kier alpha value is -2.33. The molecule has 31 heavy (non-hydrogen) atoms. The number of aliphatic hydroxyl groups is 1. The lowest BCUT2D eigenvalue weighted by molar-refractivity contribution is 0.0810. The summed E-state index contributed by atoms with van der Waals surface area (Å²) in [5, 5.41) is 12.6. The highest BCUT2D eigenvalue weighted by Gasteiger charge is 2.32. The Morgan fingerprint density at radius 1 is 0.871 bits per heavy atom. The van der Waals surface area contributed by atoms with Gasteiger partial charge in [-0.15, -0.1) is 0 Å². The molecule has 164 valence electrons. The van der Waals surface area contributed by atoms with Crippen molar-refractivity contribution in [1.82, 2.24) is 4.90 Å². The van der Waals surface area contributed by atoms with Gasteiger partial charge >= 0.3 is 0 Å². The van der Waals surface area contributed by atoms with Gasteiger partial charge in [-0.1, -0.05) is 85.6 Å². The Kier molecular flexibility index (Phi) is 8.14. The van der Waals surface area contributed by atoms with Crippen LogP contribution in [0.15, 0.2) is 72.8 Å². The van der Waals surface area contributed by atoms with Gasteiger partial charge in [0, 0.05) is 18.0 Å². The van der Waals surface area contributed by atoms with Crippen molar-refractivity contribution in [2.75, 3.05) is 26.2 Å². The van der Waals surface area contributed by atoms with Gasteiger partial charge in [0.15, 0.2) is 0 Å². The Morgan fingerprint density at radius 2 is 1.45 bits per heavy atom. The summed E-state index contributed by atoms with van der Waals surface area (Å²) in [5.74, 6) is 0.805. The second-order valence-corrected chi connectivity index (χ2v) is 8.30. The molecule has 0 aliphatic heterocycles. The van der Waals surface area contributed by atoms with E-state index in [1.54, 1.807) is 0 Å². The highest BCUT2D eigenvalue weighted by molar-refractivity contribution is 6.31. The minimum atomic E-state index is -1.20. The topological polar surface area (TPSA) is 32.7 Å². The first-order valence-electron chi connectivity index (χ1n) is 10.9. The summed E-state index contributed by atoms with van der Waals surface area (Å²) in [6.07, 6.45) is 0.387. The van der Waals surface area contributed by atoms with Crippen LogP contribution in [0.1, 0.15) is 36.1 Å². The van der Waals surface area contributed by atoms with Crippen LogP contribution < -0.4 is 4.74 Å². The van der Waals surface area contributed by atoms with E-state index in [0.717, 1.165) is 47.6 Å². The molecule has 3 aromatic carbocycles. The van der Waals surface area contributed by atoms with Crippen LogP contribution in [0.25, 0.3) is 0 Å². The van der Waals surface area contributed by atoms with Crippen LogP contribution in [-0.4, -0.2) is 36.2 Å². The molecule has 0 heterocycles. The predicted octanol–water partition coefficient (Wildman–Crippen LogP) is 5.85. The summed E-state index contributed by atoms with van der Waals surface area (Å²) in [6.45, 7) is 9.93. The van der Waals surface area contributed by atoms with Crippen LogP contribution in [0, 0.1) is 6.92 Å². The summed E-state index contributed by atoms with van der Waals surface area (Å²) >= 11 is 6.43. The second-order valence-electron chi connectivity index (χ2n) is 7.89. The molecule has 1 atom stereocenters. The van der Waals surface area contributed by atoms with E-state index in [2.05, 4.69) is 18.7 Å². The molecule has 0 spiro atoms. The third-order valence-electron chi connectivity index (χ3n) is 5.84. The number of rotatable bonds is 10. The van der Waals surface area contributed by atoms with E-state index < -0.39 is 5.60 Å². The van der Waals surface area contributed by atoms with Gasteiger partial charge in [0.2, 0.25) is 0 Å². The molecule has 0 bridgehead atoms. The fourth-order valence-corrected chi connectivity index (χ4v) is 3.98. The maximum Gasteiger partial charge on any atom is 0.119 e. The Labute approximate surface area is 191 Å². The third-order valence-corrected chi connectivity index (χ3v) is 6.20. The maximum atomic E-state index is 11.9. The summed E-state index contributed by atoms with van der Waals surface area (Å²) < 4.78 is 5.92. The molecule has 0 fully saturated rings. The van der Waals surface area contributed by atoms with E-state index in [-0.39, 0.29) is 0 Å². The quantitative estimate of drug-likeness (QED) is 0.432. The number of aryl methyl sites for hydroxylation is 1. The minimum Gasteiger partial charge on any atom is -0.492 e. The lowest BCUT2D eigenvalue weighted by Crippen LogP contribution is -2.30. The van der Waals surface area contributed by atoms with Crippen molar-refractivity contribution in [2.24, 2.45) is 0 Å². The molecular weight excluding hydrogens is 406 g/mol. The first-order valence-corrected chi connectivity index (χ1v) is 11.3. The Balaban J connectivity index is 1.85. The van der Waals surface area contributed by atoms with Gasteiger partial charge in [-0.2, -0.15) is 0 Å². The molecule has 0 radical (unpaired) electrons. The number of benzene rings is 3. The van der Waals surface area contributed by atoms with Gasteiger partial charge in [0.05, 0.1) is 0 Å². The Morgan fingerprint density at radius 3 is 2.03 bits per heavy atom. The van der Waals surface area contributed by atoms with Gasteiger partial charge in [-0.25, -0.2) is 0 Å². The molecule has 0 aliphatic carbocycles. The standard InChI is InChI=1S/C27H32ClNO2/c1-4-29(5-2)18-19-31-25-16-14-24(15-17-25)27(30,23-12-10-21(3)11-13-23)20-22-8-6-7-9-26(22)28/h6-17,30H,4-5,18-20H2,1-3H3. The molecule has 0 amide bonds. The van der Waals surface area contributed by atoms with E-state index >= 15 is 0 Å². The first kappa shape index (κ1) is 23.3. The number of halogens is 1. The molecular formula is C27H32ClNO2. The monoisotopic (exact) mass is 437 g/mol. The zero-order valence-electron chi connectivity index (χ0n) is 18.6. The van der Waals surface area contributed by atoms with Crippen LogP contribution in [0.4, 0.5) is 0 Å². The van der Waals surface area contributed by atoms with Crippen LogP contribution in [-0.2, 0) is 12.0 Å². The van der Waals surface area contributed by atoms with Gasteiger partial charge in [0.1, 0.15) is 18.0 Å². The highest BCUT2D eigenvalue weighted by Crippen LogP contribution is 2.36. The lowest BCUT2D eigenvalue weighted by Gasteiger charge is -2.30. The van der Waals surface area contributed by atoms with E-state index in [0.29, 0.717) is 18.1 Å². The van der Waals surface area contributed by atoms with Crippen molar-refractivity contribution in [3.8, 4) is 5.75 Å². The van der Waals surface area contributed by atoms with E-state index in [1.807, 2.05) is 79.7 Å². The summed E-state index contributed by atoms with van der Waals surface area (Å²) in [6, 6.07) is 23.5. The van der Waals surface area contributed by atoms with Crippen LogP contribution >= 0.6 is 11.6 Å².